The van der Waals surface area contributed by atoms with E-state index in [-0.39, 0.29) is 5.56 Å². The molecule has 0 aliphatic rings. The Morgan fingerprint density at radius 1 is 1.28 bits per heavy atom. The van der Waals surface area contributed by atoms with E-state index in [4.69, 9.17) is 4.42 Å². The van der Waals surface area contributed by atoms with Gasteiger partial charge in [0.1, 0.15) is 6.33 Å². The van der Waals surface area contributed by atoms with E-state index < -0.39 is 0 Å². The maximum Gasteiger partial charge on any atom is 0.283 e. The summed E-state index contributed by atoms with van der Waals surface area (Å²) in [6.07, 6.45) is 7.42. The van der Waals surface area contributed by atoms with E-state index in [9.17, 15) is 4.79 Å². The van der Waals surface area contributed by atoms with Gasteiger partial charge in [-0.2, -0.15) is 0 Å². The van der Waals surface area contributed by atoms with Crippen molar-refractivity contribution in [2.24, 2.45) is 0 Å². The fourth-order valence-electron chi connectivity index (χ4n) is 2.00. The third-order valence-corrected chi connectivity index (χ3v) is 3.00. The zero-order chi connectivity index (χ0) is 13.0. The Kier molecular flexibility index (Phi) is 4.12. The molecule has 2 aromatic rings. The summed E-state index contributed by atoms with van der Waals surface area (Å²) >= 11 is 0. The number of unbranched alkanes of at least 4 members (excludes halogenated alkanes) is 4. The largest absolute Gasteiger partial charge is 0.422 e. The van der Waals surface area contributed by atoms with Crippen LogP contribution in [0.25, 0.3) is 11.2 Å². The number of hydrogen-bond acceptors (Lipinski definition) is 4. The molecule has 0 bridgehead atoms. The second-order valence-electron chi connectivity index (χ2n) is 4.54. The van der Waals surface area contributed by atoms with Gasteiger partial charge in [0.2, 0.25) is 0 Å². The Morgan fingerprint density at radius 2 is 2.06 bits per heavy atom. The summed E-state index contributed by atoms with van der Waals surface area (Å²) in [5.41, 5.74) is 0.565. The Labute approximate surface area is 106 Å². The molecular weight excluding hydrogens is 230 g/mol. The lowest BCUT2D eigenvalue weighted by Crippen LogP contribution is -2.20. The van der Waals surface area contributed by atoms with Crippen LogP contribution in [0.5, 0.6) is 0 Å². The molecule has 5 nitrogen and oxygen atoms in total. The zero-order valence-corrected chi connectivity index (χ0v) is 11.0. The van der Waals surface area contributed by atoms with E-state index in [2.05, 4.69) is 16.9 Å². The van der Waals surface area contributed by atoms with Gasteiger partial charge in [0, 0.05) is 13.5 Å². The fourth-order valence-corrected chi connectivity index (χ4v) is 2.00. The summed E-state index contributed by atoms with van der Waals surface area (Å²) in [4.78, 5) is 20.2. The van der Waals surface area contributed by atoms with Gasteiger partial charge < -0.3 is 4.42 Å². The minimum Gasteiger partial charge on any atom is -0.422 e. The first-order chi connectivity index (χ1) is 8.72. The molecule has 0 atom stereocenters. The molecule has 0 radical (unpaired) electrons. The van der Waals surface area contributed by atoms with Crippen molar-refractivity contribution in [2.45, 2.75) is 52.5 Å². The summed E-state index contributed by atoms with van der Waals surface area (Å²) in [7, 11) is 0. The van der Waals surface area contributed by atoms with Crippen LogP contribution >= 0.6 is 0 Å². The van der Waals surface area contributed by atoms with E-state index in [1.807, 2.05) is 0 Å². The lowest BCUT2D eigenvalue weighted by atomic mass is 10.1. The minimum atomic E-state index is -0.104. The second kappa shape index (κ2) is 5.80. The molecule has 0 fully saturated rings. The molecule has 0 N–H and O–H groups in total. The van der Waals surface area contributed by atoms with Crippen molar-refractivity contribution >= 4 is 11.2 Å². The number of hydrogen-bond donors (Lipinski definition) is 0. The molecule has 0 saturated carbocycles. The predicted octanol–water partition coefficient (Wildman–Crippen LogP) is 2.66. The standard InChI is InChI=1S/C13H19N3O2/c1-3-4-5-6-7-8-16-9-14-12-11(13(16)17)15-10(2)18-12/h9H,3-8H2,1-2H3. The summed E-state index contributed by atoms with van der Waals surface area (Å²) in [5, 5.41) is 0. The molecule has 2 rings (SSSR count). The van der Waals surface area contributed by atoms with E-state index in [0.29, 0.717) is 23.7 Å². The second-order valence-corrected chi connectivity index (χ2v) is 4.54. The van der Waals surface area contributed by atoms with E-state index in [1.54, 1.807) is 17.8 Å². The molecule has 0 aliphatic carbocycles. The molecule has 2 aromatic heterocycles. The van der Waals surface area contributed by atoms with Gasteiger partial charge in [-0.15, -0.1) is 0 Å². The number of oxazole rings is 1. The smallest absolute Gasteiger partial charge is 0.283 e. The summed E-state index contributed by atoms with van der Waals surface area (Å²) < 4.78 is 6.85. The minimum absolute atomic E-state index is 0.104. The fraction of sp³-hybridized carbons (Fsp3) is 0.615. The number of rotatable bonds is 6. The average molecular weight is 249 g/mol. The quantitative estimate of drug-likeness (QED) is 0.738. The highest BCUT2D eigenvalue weighted by atomic mass is 16.4. The van der Waals surface area contributed by atoms with Crippen LogP contribution in [0.3, 0.4) is 0 Å². The zero-order valence-electron chi connectivity index (χ0n) is 11.0. The van der Waals surface area contributed by atoms with Gasteiger partial charge in [-0.1, -0.05) is 32.6 Å². The van der Waals surface area contributed by atoms with Crippen molar-refractivity contribution in [1.82, 2.24) is 14.5 Å². The van der Waals surface area contributed by atoms with E-state index >= 15 is 0 Å². The number of aryl methyl sites for hydroxylation is 2. The third-order valence-electron chi connectivity index (χ3n) is 3.00. The molecule has 0 aliphatic heterocycles. The van der Waals surface area contributed by atoms with Gasteiger partial charge in [0.05, 0.1) is 0 Å². The van der Waals surface area contributed by atoms with Crippen LogP contribution in [0.4, 0.5) is 0 Å². The first-order valence-electron chi connectivity index (χ1n) is 6.55. The van der Waals surface area contributed by atoms with Gasteiger partial charge in [-0.05, 0) is 6.42 Å². The summed E-state index contributed by atoms with van der Waals surface area (Å²) in [5.74, 6) is 0.482. The van der Waals surface area contributed by atoms with Gasteiger partial charge in [-0.25, -0.2) is 9.97 Å². The summed E-state index contributed by atoms with van der Waals surface area (Å²) in [6, 6.07) is 0. The maximum atomic E-state index is 12.1. The third kappa shape index (κ3) is 2.78. The highest BCUT2D eigenvalue weighted by Gasteiger charge is 2.09. The topological polar surface area (TPSA) is 60.9 Å². The molecule has 0 spiro atoms. The predicted molar refractivity (Wildman–Crippen MR) is 69.6 cm³/mol. The first kappa shape index (κ1) is 12.8. The Morgan fingerprint density at radius 3 is 2.83 bits per heavy atom. The van der Waals surface area contributed by atoms with Gasteiger partial charge in [0.15, 0.2) is 11.4 Å². The van der Waals surface area contributed by atoms with Crippen LogP contribution in [-0.2, 0) is 6.54 Å². The lowest BCUT2D eigenvalue weighted by Gasteiger charge is -2.03. The van der Waals surface area contributed by atoms with Crippen LogP contribution < -0.4 is 5.56 Å². The molecule has 0 saturated heterocycles. The maximum absolute atomic E-state index is 12.1. The van der Waals surface area contributed by atoms with Crippen molar-refractivity contribution in [3.63, 3.8) is 0 Å². The molecule has 0 unspecified atom stereocenters. The van der Waals surface area contributed by atoms with Crippen molar-refractivity contribution in [2.75, 3.05) is 0 Å². The first-order valence-corrected chi connectivity index (χ1v) is 6.55. The van der Waals surface area contributed by atoms with Gasteiger partial charge >= 0.3 is 0 Å². The molecular formula is C13H19N3O2. The lowest BCUT2D eigenvalue weighted by molar-refractivity contribution is 0.539. The van der Waals surface area contributed by atoms with Gasteiger partial charge in [0.25, 0.3) is 11.3 Å². The monoisotopic (exact) mass is 249 g/mol. The molecule has 18 heavy (non-hydrogen) atoms. The van der Waals surface area contributed by atoms with Crippen LogP contribution in [0, 0.1) is 6.92 Å². The molecule has 2 heterocycles. The molecule has 0 aromatic carbocycles. The van der Waals surface area contributed by atoms with Crippen LogP contribution in [-0.4, -0.2) is 14.5 Å². The van der Waals surface area contributed by atoms with Crippen LogP contribution in [0.2, 0.25) is 0 Å². The van der Waals surface area contributed by atoms with E-state index in [0.717, 1.165) is 12.8 Å². The van der Waals surface area contributed by atoms with Crippen LogP contribution in [0.1, 0.15) is 44.9 Å². The molecule has 5 heteroatoms. The summed E-state index contributed by atoms with van der Waals surface area (Å²) in [6.45, 7) is 4.61. The van der Waals surface area contributed by atoms with Crippen molar-refractivity contribution in [1.29, 1.82) is 0 Å². The Balaban J connectivity index is 2.05. The van der Waals surface area contributed by atoms with E-state index in [1.165, 1.54) is 19.3 Å². The number of fused-ring (bicyclic) bond motifs is 1. The van der Waals surface area contributed by atoms with Crippen molar-refractivity contribution < 1.29 is 4.42 Å². The SMILES string of the molecule is CCCCCCCn1cnc2oc(C)nc2c1=O. The normalized spacial score (nSPS) is 11.2. The van der Waals surface area contributed by atoms with Crippen molar-refractivity contribution in [3.8, 4) is 0 Å². The van der Waals surface area contributed by atoms with Crippen molar-refractivity contribution in [3.05, 3.63) is 22.6 Å². The number of aromatic nitrogens is 3. The Bertz CT molecular complexity index is 571. The van der Waals surface area contributed by atoms with Gasteiger partial charge in [-0.3, -0.25) is 9.36 Å². The Hall–Kier alpha value is -1.65. The number of nitrogens with zero attached hydrogens (tertiary/aromatic N) is 3. The average Bonchev–Trinajstić information content (AvgIpc) is 2.73. The molecule has 0 amide bonds. The highest BCUT2D eigenvalue weighted by molar-refractivity contribution is 5.65. The molecule has 98 valence electrons. The highest BCUT2D eigenvalue weighted by Crippen LogP contribution is 2.08. The van der Waals surface area contributed by atoms with Crippen LogP contribution in [0.15, 0.2) is 15.5 Å².